The van der Waals surface area contributed by atoms with Crippen LogP contribution in [0.25, 0.3) is 0 Å². The Bertz CT molecular complexity index is 552. The molecule has 2 aromatic rings. The summed E-state index contributed by atoms with van der Waals surface area (Å²) in [6, 6.07) is 16.9. The highest BCUT2D eigenvalue weighted by molar-refractivity contribution is 5.31. The van der Waals surface area contributed by atoms with Crippen molar-refractivity contribution in [2.45, 2.75) is 38.2 Å². The van der Waals surface area contributed by atoms with Gasteiger partial charge in [-0.2, -0.15) is 0 Å². The molecule has 3 rings (SSSR count). The van der Waals surface area contributed by atoms with Crippen molar-refractivity contribution >= 4 is 0 Å². The van der Waals surface area contributed by atoms with Crippen molar-refractivity contribution in [2.24, 2.45) is 0 Å². The van der Waals surface area contributed by atoms with Crippen LogP contribution in [0.5, 0.6) is 0 Å². The molecule has 1 unspecified atom stereocenters. The van der Waals surface area contributed by atoms with E-state index < -0.39 is 6.10 Å². The third kappa shape index (κ3) is 3.05. The van der Waals surface area contributed by atoms with Gasteiger partial charge in [0, 0.05) is 6.42 Å². The average Bonchev–Trinajstić information content (AvgIpc) is 3.26. The number of rotatable bonds is 4. The highest BCUT2D eigenvalue weighted by Gasteiger charge is 2.23. The fourth-order valence-electron chi connectivity index (χ4n) is 2.50. The van der Waals surface area contributed by atoms with Gasteiger partial charge in [-0.05, 0) is 42.4 Å². The van der Waals surface area contributed by atoms with Gasteiger partial charge in [0.2, 0.25) is 0 Å². The maximum Gasteiger partial charge on any atom is 0.0830 e. The van der Waals surface area contributed by atoms with Crippen molar-refractivity contribution in [3.05, 3.63) is 70.8 Å². The summed E-state index contributed by atoms with van der Waals surface area (Å²) in [5.74, 6) is 0.742. The molecule has 0 amide bonds. The second kappa shape index (κ2) is 5.18. The van der Waals surface area contributed by atoms with Crippen LogP contribution in [0.1, 0.15) is 47.1 Å². The van der Waals surface area contributed by atoms with Gasteiger partial charge in [-0.15, -0.1) is 0 Å². The number of aliphatic hydroxyl groups is 1. The molecule has 1 N–H and O–H groups in total. The predicted molar refractivity (Wildman–Crippen MR) is 78.3 cm³/mol. The molecule has 19 heavy (non-hydrogen) atoms. The first-order valence-electron chi connectivity index (χ1n) is 7.06. The summed E-state index contributed by atoms with van der Waals surface area (Å²) < 4.78 is 0. The lowest BCUT2D eigenvalue weighted by molar-refractivity contribution is 0.178. The monoisotopic (exact) mass is 252 g/mol. The highest BCUT2D eigenvalue weighted by atomic mass is 16.3. The van der Waals surface area contributed by atoms with Crippen LogP contribution in [-0.4, -0.2) is 5.11 Å². The van der Waals surface area contributed by atoms with Crippen LogP contribution in [0.4, 0.5) is 0 Å². The van der Waals surface area contributed by atoms with Gasteiger partial charge in [-0.25, -0.2) is 0 Å². The number of aryl methyl sites for hydroxylation is 1. The normalized spacial score (nSPS) is 16.3. The first-order valence-corrected chi connectivity index (χ1v) is 7.06. The van der Waals surface area contributed by atoms with Crippen LogP contribution in [0.3, 0.4) is 0 Å². The average molecular weight is 252 g/mol. The minimum absolute atomic E-state index is 0.401. The lowest BCUT2D eigenvalue weighted by Crippen LogP contribution is -2.02. The van der Waals surface area contributed by atoms with Gasteiger partial charge in [-0.1, -0.05) is 54.1 Å². The van der Waals surface area contributed by atoms with E-state index >= 15 is 0 Å². The molecule has 0 aliphatic heterocycles. The van der Waals surface area contributed by atoms with Crippen molar-refractivity contribution in [1.29, 1.82) is 0 Å². The second-order valence-electron chi connectivity index (χ2n) is 5.65. The number of benzene rings is 2. The third-order valence-corrected chi connectivity index (χ3v) is 3.89. The second-order valence-corrected chi connectivity index (χ2v) is 5.65. The standard InChI is InChI=1S/C18H20O/c1-13-5-7-14(8-6-13)11-18(19)17-4-2-3-16(12-17)15-9-10-15/h2-8,12,15,18-19H,9-11H2,1H3. The summed E-state index contributed by atoms with van der Waals surface area (Å²) in [6.07, 6.45) is 2.89. The Hall–Kier alpha value is -1.60. The van der Waals surface area contributed by atoms with E-state index in [2.05, 4.69) is 49.4 Å². The summed E-state index contributed by atoms with van der Waals surface area (Å²) >= 11 is 0. The Labute approximate surface area is 114 Å². The third-order valence-electron chi connectivity index (χ3n) is 3.89. The maximum atomic E-state index is 10.4. The van der Waals surface area contributed by atoms with Gasteiger partial charge in [0.05, 0.1) is 6.10 Å². The fourth-order valence-corrected chi connectivity index (χ4v) is 2.50. The minimum atomic E-state index is -0.401. The van der Waals surface area contributed by atoms with Crippen LogP contribution in [0.2, 0.25) is 0 Å². The molecule has 2 aromatic carbocycles. The van der Waals surface area contributed by atoms with Gasteiger partial charge in [-0.3, -0.25) is 0 Å². The first kappa shape index (κ1) is 12.4. The van der Waals surface area contributed by atoms with Crippen molar-refractivity contribution in [3.63, 3.8) is 0 Å². The lowest BCUT2D eigenvalue weighted by atomic mass is 9.98. The van der Waals surface area contributed by atoms with Crippen LogP contribution in [-0.2, 0) is 6.42 Å². The van der Waals surface area contributed by atoms with Gasteiger partial charge < -0.3 is 5.11 Å². The van der Waals surface area contributed by atoms with E-state index in [-0.39, 0.29) is 0 Å². The Morgan fingerprint density at radius 1 is 1.11 bits per heavy atom. The van der Waals surface area contributed by atoms with Gasteiger partial charge in [0.1, 0.15) is 0 Å². The molecule has 1 saturated carbocycles. The zero-order chi connectivity index (χ0) is 13.2. The summed E-state index contributed by atoms with van der Waals surface area (Å²) in [5.41, 5.74) is 4.88. The zero-order valence-electron chi connectivity index (χ0n) is 11.3. The molecule has 0 radical (unpaired) electrons. The molecule has 1 heteroatoms. The summed E-state index contributed by atoms with van der Waals surface area (Å²) in [6.45, 7) is 2.08. The topological polar surface area (TPSA) is 20.2 Å². The quantitative estimate of drug-likeness (QED) is 0.866. The van der Waals surface area contributed by atoms with E-state index in [0.29, 0.717) is 6.42 Å². The molecule has 0 saturated heterocycles. The largest absolute Gasteiger partial charge is 0.388 e. The minimum Gasteiger partial charge on any atom is -0.388 e. The molecular weight excluding hydrogens is 232 g/mol. The zero-order valence-corrected chi connectivity index (χ0v) is 11.3. The molecule has 0 aromatic heterocycles. The Morgan fingerprint density at radius 2 is 1.84 bits per heavy atom. The predicted octanol–water partition coefficient (Wildman–Crippen LogP) is 4.15. The summed E-state index contributed by atoms with van der Waals surface area (Å²) in [4.78, 5) is 0. The molecule has 1 aliphatic rings. The first-order chi connectivity index (χ1) is 9.22. The number of aliphatic hydroxyl groups excluding tert-OH is 1. The fraction of sp³-hybridized carbons (Fsp3) is 0.333. The van der Waals surface area contributed by atoms with E-state index in [0.717, 1.165) is 11.5 Å². The van der Waals surface area contributed by atoms with E-state index in [4.69, 9.17) is 0 Å². The lowest BCUT2D eigenvalue weighted by Gasteiger charge is -2.12. The Morgan fingerprint density at radius 3 is 2.53 bits per heavy atom. The van der Waals surface area contributed by atoms with Gasteiger partial charge in [0.15, 0.2) is 0 Å². The maximum absolute atomic E-state index is 10.4. The Balaban J connectivity index is 1.74. The van der Waals surface area contributed by atoms with Crippen LogP contribution < -0.4 is 0 Å². The molecule has 0 spiro atoms. The van der Waals surface area contributed by atoms with E-state index in [1.54, 1.807) is 0 Å². The molecule has 0 bridgehead atoms. The van der Waals surface area contributed by atoms with E-state index in [9.17, 15) is 5.11 Å². The SMILES string of the molecule is Cc1ccc(CC(O)c2cccc(C3CC3)c2)cc1. The molecule has 98 valence electrons. The van der Waals surface area contributed by atoms with Crippen LogP contribution in [0, 0.1) is 6.92 Å². The van der Waals surface area contributed by atoms with E-state index in [1.807, 2.05) is 6.07 Å². The highest BCUT2D eigenvalue weighted by Crippen LogP contribution is 2.40. The Kier molecular flexibility index (Phi) is 3.39. The van der Waals surface area contributed by atoms with E-state index in [1.165, 1.54) is 29.5 Å². The van der Waals surface area contributed by atoms with Crippen LogP contribution in [0.15, 0.2) is 48.5 Å². The van der Waals surface area contributed by atoms with Crippen molar-refractivity contribution in [3.8, 4) is 0 Å². The molecule has 1 atom stereocenters. The number of hydrogen-bond donors (Lipinski definition) is 1. The molecular formula is C18H20O. The van der Waals surface area contributed by atoms with Crippen LogP contribution >= 0.6 is 0 Å². The molecule has 0 heterocycles. The molecule has 1 fully saturated rings. The van der Waals surface area contributed by atoms with Gasteiger partial charge in [0.25, 0.3) is 0 Å². The van der Waals surface area contributed by atoms with Crippen molar-refractivity contribution in [2.75, 3.05) is 0 Å². The van der Waals surface area contributed by atoms with Crippen molar-refractivity contribution < 1.29 is 5.11 Å². The molecule has 1 aliphatic carbocycles. The van der Waals surface area contributed by atoms with Crippen molar-refractivity contribution in [1.82, 2.24) is 0 Å². The smallest absolute Gasteiger partial charge is 0.0830 e. The van der Waals surface area contributed by atoms with Gasteiger partial charge >= 0.3 is 0 Å². The summed E-state index contributed by atoms with van der Waals surface area (Å²) in [5, 5.41) is 10.4. The summed E-state index contributed by atoms with van der Waals surface area (Å²) in [7, 11) is 0. The number of hydrogen-bond acceptors (Lipinski definition) is 1. The molecule has 1 nitrogen and oxygen atoms in total.